The van der Waals surface area contributed by atoms with Crippen LogP contribution in [0.3, 0.4) is 0 Å². The van der Waals surface area contributed by atoms with Crippen molar-refractivity contribution in [3.05, 3.63) is 95.3 Å². The average Bonchev–Trinajstić information content (AvgIpc) is 2.93. The van der Waals surface area contributed by atoms with E-state index in [1.54, 1.807) is 37.3 Å². The third-order valence-corrected chi connectivity index (χ3v) is 7.66. The monoisotopic (exact) mass is 583 g/mol. The van der Waals surface area contributed by atoms with Gasteiger partial charge in [-0.2, -0.15) is 0 Å². The topological polar surface area (TPSA) is 96.0 Å². The number of halogens is 1. The Bertz CT molecular complexity index is 1450. The van der Waals surface area contributed by atoms with Crippen LogP contribution in [0.15, 0.2) is 72.8 Å². The van der Waals surface area contributed by atoms with Crippen LogP contribution < -0.4 is 14.4 Å². The van der Waals surface area contributed by atoms with Crippen molar-refractivity contribution >= 4 is 27.5 Å². The van der Waals surface area contributed by atoms with E-state index in [-0.39, 0.29) is 35.9 Å². The highest BCUT2D eigenvalue weighted by Crippen LogP contribution is 2.31. The summed E-state index contributed by atoms with van der Waals surface area (Å²) in [6, 6.07) is 19.2. The van der Waals surface area contributed by atoms with Crippen LogP contribution in [0.1, 0.15) is 30.5 Å². The van der Waals surface area contributed by atoms with E-state index in [4.69, 9.17) is 4.74 Å². The molecule has 1 N–H and O–H groups in total. The molecule has 1 unspecified atom stereocenters. The van der Waals surface area contributed by atoms with Crippen LogP contribution in [0.2, 0.25) is 0 Å². The second kappa shape index (κ2) is 14.1. The number of anilines is 1. The summed E-state index contributed by atoms with van der Waals surface area (Å²) in [4.78, 5) is 29.0. The molecule has 3 rings (SSSR count). The molecule has 0 spiro atoms. The largest absolute Gasteiger partial charge is 0.495 e. The van der Waals surface area contributed by atoms with Crippen molar-refractivity contribution in [1.82, 2.24) is 10.2 Å². The number of hydrogen-bond donors (Lipinski definition) is 1. The van der Waals surface area contributed by atoms with Crippen LogP contribution in [0.25, 0.3) is 0 Å². The minimum absolute atomic E-state index is 0.150. The van der Waals surface area contributed by atoms with Crippen molar-refractivity contribution in [3.63, 3.8) is 0 Å². The van der Waals surface area contributed by atoms with E-state index in [9.17, 15) is 22.4 Å². The van der Waals surface area contributed by atoms with Crippen LogP contribution in [-0.4, -0.2) is 57.6 Å². The molecule has 0 heterocycles. The molecule has 0 fully saturated rings. The van der Waals surface area contributed by atoms with E-state index in [2.05, 4.69) is 5.32 Å². The van der Waals surface area contributed by atoms with E-state index < -0.39 is 40.2 Å². The summed E-state index contributed by atoms with van der Waals surface area (Å²) in [5.74, 6) is -1.19. The fourth-order valence-electron chi connectivity index (χ4n) is 4.38. The van der Waals surface area contributed by atoms with Gasteiger partial charge in [0.05, 0.1) is 19.1 Å². The van der Waals surface area contributed by atoms with Crippen LogP contribution >= 0.6 is 0 Å². The highest BCUT2D eigenvalue weighted by Gasteiger charge is 2.34. The molecule has 41 heavy (non-hydrogen) atoms. The van der Waals surface area contributed by atoms with Gasteiger partial charge in [-0.25, -0.2) is 12.8 Å². The molecule has 3 aromatic rings. The van der Waals surface area contributed by atoms with Crippen molar-refractivity contribution in [2.24, 2.45) is 5.92 Å². The number of ether oxygens (including phenoxy) is 1. The molecule has 0 saturated carbocycles. The first-order valence-electron chi connectivity index (χ1n) is 13.4. The fourth-order valence-corrected chi connectivity index (χ4v) is 5.22. The first kappa shape index (κ1) is 31.6. The van der Waals surface area contributed by atoms with Crippen molar-refractivity contribution < 1.29 is 27.1 Å². The van der Waals surface area contributed by atoms with Crippen molar-refractivity contribution in [1.29, 1.82) is 0 Å². The highest BCUT2D eigenvalue weighted by molar-refractivity contribution is 7.92. The predicted octanol–water partition coefficient (Wildman–Crippen LogP) is 4.32. The molecule has 8 nitrogen and oxygen atoms in total. The maximum atomic E-state index is 14.9. The van der Waals surface area contributed by atoms with Crippen molar-refractivity contribution in [2.45, 2.75) is 39.8 Å². The lowest BCUT2D eigenvalue weighted by Gasteiger charge is -2.34. The summed E-state index contributed by atoms with van der Waals surface area (Å²) in [6.07, 6.45) is 1.15. The number of benzene rings is 3. The molecule has 0 aliphatic carbocycles. The van der Waals surface area contributed by atoms with Crippen LogP contribution in [-0.2, 0) is 32.6 Å². The Labute approximate surface area is 242 Å². The molecular formula is C31H38FN3O5S. The molecule has 220 valence electrons. The van der Waals surface area contributed by atoms with Gasteiger partial charge in [-0.15, -0.1) is 0 Å². The molecule has 1 atom stereocenters. The summed E-state index contributed by atoms with van der Waals surface area (Å²) < 4.78 is 47.2. The summed E-state index contributed by atoms with van der Waals surface area (Å²) in [7, 11) is -2.56. The van der Waals surface area contributed by atoms with E-state index in [0.29, 0.717) is 6.54 Å². The maximum Gasteiger partial charge on any atom is 0.244 e. The molecule has 0 radical (unpaired) electrons. The zero-order chi connectivity index (χ0) is 30.2. The number of amides is 2. The quantitative estimate of drug-likeness (QED) is 0.323. The standard InChI is InChI=1S/C31H38FN3O5S/c1-22(2)19-33-31(37)28(18-24-11-7-6-8-12-24)34(20-25-13-9-10-14-26(25)32)30(36)21-35(41(5,38)39)27-17-23(3)15-16-29(27)40-4/h6-17,22,28H,18-21H2,1-5H3,(H,33,37). The van der Waals surface area contributed by atoms with Crippen LogP contribution in [0.4, 0.5) is 10.1 Å². The number of nitrogens with one attached hydrogen (secondary N) is 1. The normalized spacial score (nSPS) is 12.1. The lowest BCUT2D eigenvalue weighted by Crippen LogP contribution is -2.53. The summed E-state index contributed by atoms with van der Waals surface area (Å²) >= 11 is 0. The number of methoxy groups -OCH3 is 1. The molecule has 3 aromatic carbocycles. The molecule has 10 heteroatoms. The lowest BCUT2D eigenvalue weighted by atomic mass is 10.0. The SMILES string of the molecule is COc1ccc(C)cc1N(CC(=O)N(Cc1ccccc1F)C(Cc1ccccc1)C(=O)NCC(C)C)S(C)(=O)=O. The maximum absolute atomic E-state index is 14.9. The average molecular weight is 584 g/mol. The minimum Gasteiger partial charge on any atom is -0.495 e. The predicted molar refractivity (Wildman–Crippen MR) is 159 cm³/mol. The zero-order valence-electron chi connectivity index (χ0n) is 24.1. The second-order valence-corrected chi connectivity index (χ2v) is 12.3. The number of aryl methyl sites for hydroxylation is 1. The highest BCUT2D eigenvalue weighted by atomic mass is 32.2. The van der Waals surface area contributed by atoms with Gasteiger partial charge in [0.25, 0.3) is 0 Å². The molecule has 0 aliphatic heterocycles. The molecular weight excluding hydrogens is 545 g/mol. The van der Waals surface area contributed by atoms with Gasteiger partial charge in [-0.3, -0.25) is 13.9 Å². The Morgan fingerprint density at radius 1 is 1.00 bits per heavy atom. The third kappa shape index (κ3) is 8.78. The Hall–Kier alpha value is -3.92. The zero-order valence-corrected chi connectivity index (χ0v) is 24.9. The lowest BCUT2D eigenvalue weighted by molar-refractivity contribution is -0.140. The molecule has 2 amide bonds. The molecule has 0 bridgehead atoms. The second-order valence-electron chi connectivity index (χ2n) is 10.4. The van der Waals surface area contributed by atoms with Gasteiger partial charge in [-0.1, -0.05) is 68.4 Å². The number of nitrogens with zero attached hydrogens (tertiary/aromatic N) is 2. The van der Waals surface area contributed by atoms with Gasteiger partial charge in [0.1, 0.15) is 24.2 Å². The number of carbonyl (C=O) groups excluding carboxylic acids is 2. The van der Waals surface area contributed by atoms with Crippen molar-refractivity contribution in [3.8, 4) is 5.75 Å². The molecule has 0 saturated heterocycles. The van der Waals surface area contributed by atoms with E-state index >= 15 is 0 Å². The number of hydrogen-bond acceptors (Lipinski definition) is 5. The Morgan fingerprint density at radius 3 is 2.27 bits per heavy atom. The number of carbonyl (C=O) groups is 2. The molecule has 0 aromatic heterocycles. The first-order chi connectivity index (χ1) is 19.4. The fraction of sp³-hybridized carbons (Fsp3) is 0.355. The smallest absolute Gasteiger partial charge is 0.244 e. The molecule has 0 aliphatic rings. The summed E-state index contributed by atoms with van der Waals surface area (Å²) in [5, 5.41) is 2.90. The number of rotatable bonds is 13. The summed E-state index contributed by atoms with van der Waals surface area (Å²) in [6.45, 7) is 5.23. The van der Waals surface area contributed by atoms with Crippen LogP contribution in [0.5, 0.6) is 5.75 Å². The minimum atomic E-state index is -3.97. The number of sulfonamides is 1. The first-order valence-corrected chi connectivity index (χ1v) is 15.2. The van der Waals surface area contributed by atoms with Gasteiger partial charge < -0.3 is 15.0 Å². The van der Waals surface area contributed by atoms with E-state index in [1.807, 2.05) is 44.2 Å². The van der Waals surface area contributed by atoms with E-state index in [0.717, 1.165) is 21.7 Å². The van der Waals surface area contributed by atoms with Crippen molar-refractivity contribution in [2.75, 3.05) is 30.8 Å². The summed E-state index contributed by atoms with van der Waals surface area (Å²) in [5.41, 5.74) is 1.96. The van der Waals surface area contributed by atoms with Gasteiger partial charge in [0.2, 0.25) is 21.8 Å². The Balaban J connectivity index is 2.10. The van der Waals surface area contributed by atoms with Gasteiger partial charge in [-0.05, 0) is 42.2 Å². The van der Waals surface area contributed by atoms with E-state index in [1.165, 1.54) is 24.1 Å². The Morgan fingerprint density at radius 2 is 1.66 bits per heavy atom. The van der Waals surface area contributed by atoms with Gasteiger partial charge in [0, 0.05) is 25.1 Å². The van der Waals surface area contributed by atoms with Gasteiger partial charge in [0.15, 0.2) is 0 Å². The third-order valence-electron chi connectivity index (χ3n) is 6.54. The Kier molecular flexibility index (Phi) is 10.9. The van der Waals surface area contributed by atoms with Gasteiger partial charge >= 0.3 is 0 Å². The van der Waals surface area contributed by atoms with Crippen LogP contribution in [0, 0.1) is 18.7 Å².